The molecule has 98 valence electrons. The zero-order chi connectivity index (χ0) is 13.8. The fourth-order valence-corrected chi connectivity index (χ4v) is 2.27. The average molecular weight is 360 g/mol. The summed E-state index contributed by atoms with van der Waals surface area (Å²) in [6.07, 6.45) is 0.380. The average Bonchev–Trinajstić information content (AvgIpc) is 2.39. The van der Waals surface area contributed by atoms with Gasteiger partial charge in [-0.3, -0.25) is 0 Å². The molecule has 0 bridgehead atoms. The summed E-state index contributed by atoms with van der Waals surface area (Å²) in [5.41, 5.74) is 1.99. The van der Waals surface area contributed by atoms with Gasteiger partial charge in [0.15, 0.2) is 0 Å². The molecule has 1 aromatic heterocycles. The first-order chi connectivity index (χ1) is 9.10. The second-order valence-corrected chi connectivity index (χ2v) is 5.45. The van der Waals surface area contributed by atoms with Gasteiger partial charge in [-0.05, 0) is 40.2 Å². The quantitative estimate of drug-likeness (QED) is 0.377. The van der Waals surface area contributed by atoms with Crippen LogP contribution in [0, 0.1) is 0 Å². The van der Waals surface area contributed by atoms with Gasteiger partial charge in [0, 0.05) is 22.2 Å². The third kappa shape index (κ3) is 3.69. The lowest BCUT2D eigenvalue weighted by Crippen LogP contribution is -2.07. The number of nitrogens with zero attached hydrogens (tertiary/aromatic N) is 2. The van der Waals surface area contributed by atoms with E-state index >= 15 is 0 Å². The third-order valence-electron chi connectivity index (χ3n) is 2.49. The molecule has 0 aliphatic carbocycles. The molecule has 6 heteroatoms. The van der Waals surface area contributed by atoms with E-state index < -0.39 is 0 Å². The Hall–Kier alpha value is -1.10. The molecule has 0 aliphatic rings. The fraction of sp³-hybridized carbons (Fsp3) is 0.0769. The van der Waals surface area contributed by atoms with Crippen LogP contribution in [0.25, 0.3) is 0 Å². The number of oxime groups is 1. The minimum absolute atomic E-state index is 0.380. The monoisotopic (exact) mass is 358 g/mol. The second kappa shape index (κ2) is 6.37. The number of halogens is 3. The van der Waals surface area contributed by atoms with Gasteiger partial charge in [0.25, 0.3) is 0 Å². The van der Waals surface area contributed by atoms with E-state index in [1.807, 2.05) is 6.07 Å². The summed E-state index contributed by atoms with van der Waals surface area (Å²) in [6.45, 7) is 0. The van der Waals surface area contributed by atoms with Gasteiger partial charge < -0.3 is 5.21 Å². The first-order valence-electron chi connectivity index (χ1n) is 5.38. The summed E-state index contributed by atoms with van der Waals surface area (Å²) in [7, 11) is 0. The van der Waals surface area contributed by atoms with Crippen LogP contribution in [-0.2, 0) is 6.42 Å². The van der Waals surface area contributed by atoms with E-state index in [1.54, 1.807) is 30.3 Å². The van der Waals surface area contributed by atoms with E-state index in [0.717, 1.165) is 15.7 Å². The fourth-order valence-electron chi connectivity index (χ4n) is 1.59. The zero-order valence-electron chi connectivity index (χ0n) is 9.65. The topological polar surface area (TPSA) is 45.5 Å². The minimum atomic E-state index is 0.380. The molecule has 0 fully saturated rings. The normalized spacial score (nSPS) is 11.6. The number of aromatic nitrogens is 1. The summed E-state index contributed by atoms with van der Waals surface area (Å²) in [5, 5.41) is 13.5. The number of rotatable bonds is 3. The van der Waals surface area contributed by atoms with Gasteiger partial charge in [-0.15, -0.1) is 0 Å². The molecule has 1 N–H and O–H groups in total. The Balaban J connectivity index is 2.28. The van der Waals surface area contributed by atoms with Crippen LogP contribution >= 0.6 is 39.1 Å². The van der Waals surface area contributed by atoms with Gasteiger partial charge in [-0.25, -0.2) is 4.98 Å². The number of hydrogen-bond donors (Lipinski definition) is 1. The lowest BCUT2D eigenvalue weighted by atomic mass is 10.1. The maximum absolute atomic E-state index is 9.15. The van der Waals surface area contributed by atoms with Crippen molar-refractivity contribution in [3.8, 4) is 0 Å². The first kappa shape index (κ1) is 14.3. The van der Waals surface area contributed by atoms with E-state index in [2.05, 4.69) is 26.1 Å². The molecular weight excluding hydrogens is 351 g/mol. The summed E-state index contributed by atoms with van der Waals surface area (Å²) >= 11 is 15.1. The SMILES string of the molecule is ON=C(Cc1cccc(Cl)n1)c1ccc(Cl)c(Br)c1. The Morgan fingerprint density at radius 2 is 2.05 bits per heavy atom. The molecule has 0 atom stereocenters. The first-order valence-corrected chi connectivity index (χ1v) is 6.93. The molecule has 0 saturated carbocycles. The molecule has 1 aromatic carbocycles. The van der Waals surface area contributed by atoms with E-state index in [9.17, 15) is 0 Å². The highest BCUT2D eigenvalue weighted by molar-refractivity contribution is 9.10. The number of benzene rings is 1. The summed E-state index contributed by atoms with van der Waals surface area (Å²) in [5.74, 6) is 0. The lowest BCUT2D eigenvalue weighted by Gasteiger charge is -2.06. The molecule has 2 aromatic rings. The van der Waals surface area contributed by atoms with Gasteiger partial charge in [0.2, 0.25) is 0 Å². The van der Waals surface area contributed by atoms with E-state index in [0.29, 0.717) is 22.3 Å². The molecule has 1 heterocycles. The Kier molecular flexibility index (Phi) is 4.80. The van der Waals surface area contributed by atoms with Crippen molar-refractivity contribution >= 4 is 44.8 Å². The Bertz CT molecular complexity index is 632. The Morgan fingerprint density at radius 3 is 2.68 bits per heavy atom. The van der Waals surface area contributed by atoms with Crippen molar-refractivity contribution in [1.29, 1.82) is 0 Å². The van der Waals surface area contributed by atoms with Crippen LogP contribution in [-0.4, -0.2) is 15.9 Å². The summed E-state index contributed by atoms with van der Waals surface area (Å²) in [6, 6.07) is 10.6. The largest absolute Gasteiger partial charge is 0.411 e. The van der Waals surface area contributed by atoms with E-state index in [1.165, 1.54) is 0 Å². The van der Waals surface area contributed by atoms with Crippen molar-refractivity contribution in [2.45, 2.75) is 6.42 Å². The van der Waals surface area contributed by atoms with Crippen LogP contribution in [0.4, 0.5) is 0 Å². The summed E-state index contributed by atoms with van der Waals surface area (Å²) in [4.78, 5) is 4.16. The zero-order valence-corrected chi connectivity index (χ0v) is 12.7. The Labute approximate surface area is 129 Å². The van der Waals surface area contributed by atoms with Crippen molar-refractivity contribution in [1.82, 2.24) is 4.98 Å². The molecule has 0 amide bonds. The lowest BCUT2D eigenvalue weighted by molar-refractivity contribution is 0.318. The van der Waals surface area contributed by atoms with Gasteiger partial charge in [0.05, 0.1) is 10.7 Å². The van der Waals surface area contributed by atoms with Crippen LogP contribution < -0.4 is 0 Å². The summed E-state index contributed by atoms with van der Waals surface area (Å²) < 4.78 is 0.742. The third-order valence-corrected chi connectivity index (χ3v) is 3.92. The highest BCUT2D eigenvalue weighted by Gasteiger charge is 2.09. The molecule has 0 radical (unpaired) electrons. The number of hydrogen-bond acceptors (Lipinski definition) is 3. The molecule has 0 aliphatic heterocycles. The molecular formula is C13H9BrCl2N2O. The van der Waals surface area contributed by atoms with Crippen molar-refractivity contribution in [3.63, 3.8) is 0 Å². The van der Waals surface area contributed by atoms with Gasteiger partial charge in [-0.2, -0.15) is 0 Å². The maximum atomic E-state index is 9.15. The van der Waals surface area contributed by atoms with Crippen LogP contribution in [0.1, 0.15) is 11.3 Å². The molecule has 2 rings (SSSR count). The minimum Gasteiger partial charge on any atom is -0.411 e. The van der Waals surface area contributed by atoms with Crippen molar-refractivity contribution in [2.24, 2.45) is 5.16 Å². The van der Waals surface area contributed by atoms with Gasteiger partial charge in [0.1, 0.15) is 5.15 Å². The van der Waals surface area contributed by atoms with Crippen LogP contribution in [0.5, 0.6) is 0 Å². The molecule has 0 unspecified atom stereocenters. The van der Waals surface area contributed by atoms with Crippen molar-refractivity contribution in [3.05, 3.63) is 62.3 Å². The van der Waals surface area contributed by atoms with E-state index in [-0.39, 0.29) is 0 Å². The molecule has 0 spiro atoms. The predicted molar refractivity (Wildman–Crippen MR) is 80.4 cm³/mol. The van der Waals surface area contributed by atoms with Crippen molar-refractivity contribution < 1.29 is 5.21 Å². The highest BCUT2D eigenvalue weighted by atomic mass is 79.9. The van der Waals surface area contributed by atoms with E-state index in [4.69, 9.17) is 28.4 Å². The van der Waals surface area contributed by atoms with Crippen molar-refractivity contribution in [2.75, 3.05) is 0 Å². The Morgan fingerprint density at radius 1 is 1.26 bits per heavy atom. The van der Waals surface area contributed by atoms with Crippen LogP contribution in [0.3, 0.4) is 0 Å². The molecule has 0 saturated heterocycles. The van der Waals surface area contributed by atoms with Crippen LogP contribution in [0.15, 0.2) is 46.0 Å². The predicted octanol–water partition coefficient (Wildman–Crippen LogP) is 4.57. The van der Waals surface area contributed by atoms with Gasteiger partial charge >= 0.3 is 0 Å². The standard InChI is InChI=1S/C13H9BrCl2N2O/c14-10-6-8(4-5-11(10)15)12(18-19)7-9-2-1-3-13(16)17-9/h1-6,19H,7H2. The molecule has 3 nitrogen and oxygen atoms in total. The number of pyridine rings is 1. The second-order valence-electron chi connectivity index (χ2n) is 3.80. The molecule has 19 heavy (non-hydrogen) atoms. The smallest absolute Gasteiger partial charge is 0.129 e. The van der Waals surface area contributed by atoms with Crippen LogP contribution in [0.2, 0.25) is 10.2 Å². The maximum Gasteiger partial charge on any atom is 0.129 e. The highest BCUT2D eigenvalue weighted by Crippen LogP contribution is 2.24. The van der Waals surface area contributed by atoms with Gasteiger partial charge in [-0.1, -0.05) is 40.5 Å².